The molecular weight excluding hydrogens is 316 g/mol. The van der Waals surface area contributed by atoms with Gasteiger partial charge in [-0.15, -0.1) is 0 Å². The van der Waals surface area contributed by atoms with E-state index < -0.39 is 6.10 Å². The van der Waals surface area contributed by atoms with E-state index in [2.05, 4.69) is 10.2 Å². The summed E-state index contributed by atoms with van der Waals surface area (Å²) in [6.07, 6.45) is 0.0996. The van der Waals surface area contributed by atoms with Crippen molar-refractivity contribution in [1.29, 1.82) is 0 Å². The number of ether oxygens (including phenoxy) is 1. The number of morpholine rings is 1. The van der Waals surface area contributed by atoms with Crippen LogP contribution in [0.2, 0.25) is 5.02 Å². The normalized spacial score (nSPS) is 18.4. The van der Waals surface area contributed by atoms with Gasteiger partial charge in [0.15, 0.2) is 0 Å². The molecule has 1 aliphatic rings. The van der Waals surface area contributed by atoms with Crippen molar-refractivity contribution in [3.8, 4) is 0 Å². The van der Waals surface area contributed by atoms with Gasteiger partial charge in [-0.2, -0.15) is 0 Å². The van der Waals surface area contributed by atoms with Crippen molar-refractivity contribution in [1.82, 2.24) is 10.2 Å². The molecule has 1 fully saturated rings. The highest BCUT2D eigenvalue weighted by atomic mass is 35.5. The van der Waals surface area contributed by atoms with Crippen LogP contribution in [0.3, 0.4) is 0 Å². The number of aliphatic hydroxyl groups is 1. The van der Waals surface area contributed by atoms with Crippen LogP contribution in [0.15, 0.2) is 24.3 Å². The average molecular weight is 341 g/mol. The van der Waals surface area contributed by atoms with Crippen LogP contribution in [0.25, 0.3) is 0 Å². The van der Waals surface area contributed by atoms with Gasteiger partial charge < -0.3 is 15.2 Å². The van der Waals surface area contributed by atoms with E-state index in [1.165, 1.54) is 0 Å². The Hall–Kier alpha value is -1.14. The maximum Gasteiger partial charge on any atom is 0.223 e. The predicted molar refractivity (Wildman–Crippen MR) is 90.6 cm³/mol. The number of carbonyl (C=O) groups is 1. The fourth-order valence-electron chi connectivity index (χ4n) is 2.61. The van der Waals surface area contributed by atoms with Crippen molar-refractivity contribution in [2.75, 3.05) is 39.4 Å². The number of nitrogens with zero attached hydrogens (tertiary/aromatic N) is 1. The fourth-order valence-corrected chi connectivity index (χ4v) is 2.73. The summed E-state index contributed by atoms with van der Waals surface area (Å²) in [5.74, 6) is -0.187. The number of amides is 1. The number of carbonyl (C=O) groups excluding carboxylic acids is 1. The van der Waals surface area contributed by atoms with Crippen LogP contribution in [-0.4, -0.2) is 61.4 Å². The lowest BCUT2D eigenvalue weighted by Gasteiger charge is -2.28. The second-order valence-electron chi connectivity index (χ2n) is 6.04. The number of aliphatic hydroxyl groups excluding tert-OH is 1. The molecule has 2 atom stereocenters. The van der Waals surface area contributed by atoms with E-state index >= 15 is 0 Å². The van der Waals surface area contributed by atoms with Gasteiger partial charge in [0.05, 0.1) is 19.3 Å². The first-order valence-corrected chi connectivity index (χ1v) is 8.42. The Kier molecular flexibility index (Phi) is 7.30. The molecule has 2 N–H and O–H groups in total. The fraction of sp³-hybridized carbons (Fsp3) is 0.588. The maximum absolute atomic E-state index is 12.1. The second-order valence-corrected chi connectivity index (χ2v) is 6.48. The molecule has 1 aliphatic heterocycles. The summed E-state index contributed by atoms with van der Waals surface area (Å²) in [6, 6.07) is 7.51. The minimum Gasteiger partial charge on any atom is -0.390 e. The SMILES string of the molecule is CC(Cc1ccc(Cl)cc1)C(=O)NCC(O)CN1CCOCC1. The highest BCUT2D eigenvalue weighted by Gasteiger charge is 2.17. The zero-order chi connectivity index (χ0) is 16.7. The van der Waals surface area contributed by atoms with Gasteiger partial charge in [0.1, 0.15) is 0 Å². The molecule has 128 valence electrons. The van der Waals surface area contributed by atoms with E-state index in [-0.39, 0.29) is 18.4 Å². The van der Waals surface area contributed by atoms with E-state index in [1.807, 2.05) is 31.2 Å². The van der Waals surface area contributed by atoms with Crippen molar-refractivity contribution < 1.29 is 14.6 Å². The Morgan fingerprint density at radius 3 is 2.65 bits per heavy atom. The number of rotatable bonds is 7. The third-order valence-corrected chi connectivity index (χ3v) is 4.24. The van der Waals surface area contributed by atoms with Gasteiger partial charge >= 0.3 is 0 Å². The minimum absolute atomic E-state index is 0.0408. The Morgan fingerprint density at radius 2 is 2.00 bits per heavy atom. The number of hydrogen-bond acceptors (Lipinski definition) is 4. The molecule has 1 aromatic rings. The summed E-state index contributed by atoms with van der Waals surface area (Å²) >= 11 is 5.86. The number of β-amino-alcohol motifs (C(OH)–C–C–N with tert-alkyl or cyclic N) is 1. The predicted octanol–water partition coefficient (Wildman–Crippen LogP) is 1.33. The summed E-state index contributed by atoms with van der Waals surface area (Å²) in [5, 5.41) is 13.6. The molecular formula is C17H25ClN2O3. The lowest BCUT2D eigenvalue weighted by molar-refractivity contribution is -0.125. The summed E-state index contributed by atoms with van der Waals surface area (Å²) in [4.78, 5) is 14.3. The first-order valence-electron chi connectivity index (χ1n) is 8.05. The number of nitrogens with one attached hydrogen (secondary N) is 1. The third kappa shape index (κ3) is 6.47. The molecule has 1 saturated heterocycles. The van der Waals surface area contributed by atoms with Crippen molar-refractivity contribution in [3.63, 3.8) is 0 Å². The number of halogens is 1. The molecule has 0 bridgehead atoms. The summed E-state index contributed by atoms with van der Waals surface area (Å²) in [7, 11) is 0. The van der Waals surface area contributed by atoms with Crippen molar-refractivity contribution in [2.24, 2.45) is 5.92 Å². The van der Waals surface area contributed by atoms with E-state index in [9.17, 15) is 9.90 Å². The largest absolute Gasteiger partial charge is 0.390 e. The van der Waals surface area contributed by atoms with Gasteiger partial charge in [-0.1, -0.05) is 30.7 Å². The van der Waals surface area contributed by atoms with Crippen LogP contribution >= 0.6 is 11.6 Å². The monoisotopic (exact) mass is 340 g/mol. The molecule has 6 heteroatoms. The van der Waals surface area contributed by atoms with Crippen LogP contribution in [-0.2, 0) is 16.0 Å². The summed E-state index contributed by atoms with van der Waals surface area (Å²) in [5.41, 5.74) is 1.07. The Bertz CT molecular complexity index is 489. The first-order chi connectivity index (χ1) is 11.0. The Morgan fingerprint density at radius 1 is 1.35 bits per heavy atom. The molecule has 1 amide bonds. The highest BCUT2D eigenvalue weighted by molar-refractivity contribution is 6.30. The second kappa shape index (κ2) is 9.23. The number of benzene rings is 1. The van der Waals surface area contributed by atoms with Crippen LogP contribution < -0.4 is 5.32 Å². The lowest BCUT2D eigenvalue weighted by atomic mass is 10.0. The lowest BCUT2D eigenvalue weighted by Crippen LogP contribution is -2.45. The maximum atomic E-state index is 12.1. The van der Waals surface area contributed by atoms with Crippen molar-refractivity contribution in [2.45, 2.75) is 19.4 Å². The standard InChI is InChI=1S/C17H25ClN2O3/c1-13(10-14-2-4-15(18)5-3-14)17(22)19-11-16(21)12-20-6-8-23-9-7-20/h2-5,13,16,21H,6-12H2,1H3,(H,19,22). The third-order valence-electron chi connectivity index (χ3n) is 3.99. The molecule has 23 heavy (non-hydrogen) atoms. The molecule has 0 aliphatic carbocycles. The van der Waals surface area contributed by atoms with Gasteiger partial charge in [-0.25, -0.2) is 0 Å². The molecule has 1 heterocycles. The Labute approximate surface area is 142 Å². The number of hydrogen-bond donors (Lipinski definition) is 2. The summed E-state index contributed by atoms with van der Waals surface area (Å²) < 4.78 is 5.27. The van der Waals surface area contributed by atoms with Gasteiger partial charge in [-0.3, -0.25) is 9.69 Å². The highest BCUT2D eigenvalue weighted by Crippen LogP contribution is 2.13. The summed E-state index contributed by atoms with van der Waals surface area (Å²) in [6.45, 7) is 5.80. The molecule has 5 nitrogen and oxygen atoms in total. The van der Waals surface area contributed by atoms with E-state index in [4.69, 9.17) is 16.3 Å². The average Bonchev–Trinajstić information content (AvgIpc) is 2.55. The molecule has 0 radical (unpaired) electrons. The zero-order valence-corrected chi connectivity index (χ0v) is 14.3. The quantitative estimate of drug-likeness (QED) is 0.786. The molecule has 0 saturated carbocycles. The first kappa shape index (κ1) is 18.2. The molecule has 1 aromatic carbocycles. The Balaban J connectivity index is 1.69. The van der Waals surface area contributed by atoms with Gasteiger partial charge in [0.25, 0.3) is 0 Å². The van der Waals surface area contributed by atoms with Crippen LogP contribution in [0.1, 0.15) is 12.5 Å². The van der Waals surface area contributed by atoms with Crippen LogP contribution in [0, 0.1) is 5.92 Å². The molecule has 0 spiro atoms. The smallest absolute Gasteiger partial charge is 0.223 e. The van der Waals surface area contributed by atoms with Gasteiger partial charge in [-0.05, 0) is 24.1 Å². The van der Waals surface area contributed by atoms with Crippen molar-refractivity contribution >= 4 is 17.5 Å². The minimum atomic E-state index is -0.556. The van der Waals surface area contributed by atoms with Gasteiger partial charge in [0.2, 0.25) is 5.91 Å². The van der Waals surface area contributed by atoms with Gasteiger partial charge in [0, 0.05) is 37.1 Å². The van der Waals surface area contributed by atoms with E-state index in [0.717, 1.165) is 18.7 Å². The molecule has 0 aromatic heterocycles. The van der Waals surface area contributed by atoms with E-state index in [0.29, 0.717) is 31.2 Å². The van der Waals surface area contributed by atoms with Crippen molar-refractivity contribution in [3.05, 3.63) is 34.9 Å². The van der Waals surface area contributed by atoms with Crippen LogP contribution in [0.5, 0.6) is 0 Å². The topological polar surface area (TPSA) is 61.8 Å². The molecule has 2 rings (SSSR count). The van der Waals surface area contributed by atoms with Crippen LogP contribution in [0.4, 0.5) is 0 Å². The molecule has 2 unspecified atom stereocenters. The van der Waals surface area contributed by atoms with E-state index in [1.54, 1.807) is 0 Å². The zero-order valence-electron chi connectivity index (χ0n) is 13.5.